The van der Waals surface area contributed by atoms with Gasteiger partial charge < -0.3 is 14.4 Å². The molecule has 1 unspecified atom stereocenters. The number of carbonyl (C=O) groups excluding carboxylic acids is 2. The van der Waals surface area contributed by atoms with Crippen molar-refractivity contribution < 1.29 is 31.9 Å². The molecule has 29 heavy (non-hydrogen) atoms. The second-order valence-electron chi connectivity index (χ2n) is 9.90. The summed E-state index contributed by atoms with van der Waals surface area (Å²) in [5.41, 5.74) is -1.52. The molecule has 2 rings (SSSR count). The van der Waals surface area contributed by atoms with Crippen LogP contribution >= 0.6 is 0 Å². The van der Waals surface area contributed by atoms with Crippen molar-refractivity contribution in [3.05, 3.63) is 0 Å². The van der Waals surface area contributed by atoms with Gasteiger partial charge in [0.15, 0.2) is 5.37 Å². The van der Waals surface area contributed by atoms with Crippen LogP contribution in [0, 0.1) is 5.41 Å². The summed E-state index contributed by atoms with van der Waals surface area (Å²) in [6.45, 7) is 10.1. The van der Waals surface area contributed by atoms with Gasteiger partial charge in [0.1, 0.15) is 17.9 Å². The smallest absolute Gasteiger partial charge is 0.421 e. The first-order valence-corrected chi connectivity index (χ1v) is 11.1. The molecule has 2 N–H and O–H groups in total. The number of ether oxygens (including phenoxy) is 2. The number of sulfonamides is 1. The Labute approximate surface area is 171 Å². The number of amides is 2. The number of hydrogen-bond acceptors (Lipinski definition) is 7. The Bertz CT molecular complexity index is 730. The van der Waals surface area contributed by atoms with E-state index in [-0.39, 0.29) is 17.6 Å². The van der Waals surface area contributed by atoms with Gasteiger partial charge in [-0.05, 0) is 54.4 Å². The van der Waals surface area contributed by atoms with Crippen molar-refractivity contribution in [2.45, 2.75) is 77.0 Å². The van der Waals surface area contributed by atoms with Crippen molar-refractivity contribution in [3.63, 3.8) is 0 Å². The van der Waals surface area contributed by atoms with Crippen LogP contribution in [-0.4, -0.2) is 67.9 Å². The van der Waals surface area contributed by atoms with Crippen molar-refractivity contribution >= 4 is 22.2 Å². The first kappa shape index (κ1) is 23.7. The second kappa shape index (κ2) is 7.90. The standard InChI is InChI=1S/C18H32FN3O6S/c1-16(2,3)27-14(23)21-29(25,26)13(9-19)20-12-7-18(8-12)10-22(11-18)15(24)28-17(4,5)6/h12-13,20H,7-11H2,1-6H3,(H,21,23). The molecule has 2 fully saturated rings. The first-order valence-electron chi connectivity index (χ1n) is 9.59. The van der Waals surface area contributed by atoms with E-state index in [9.17, 15) is 22.4 Å². The highest BCUT2D eigenvalue weighted by Crippen LogP contribution is 2.48. The number of nitrogens with one attached hydrogen (secondary N) is 2. The van der Waals surface area contributed by atoms with Gasteiger partial charge in [-0.3, -0.25) is 5.32 Å². The monoisotopic (exact) mass is 437 g/mol. The van der Waals surface area contributed by atoms with Gasteiger partial charge in [0.2, 0.25) is 0 Å². The number of halogens is 1. The Hall–Kier alpha value is -1.62. The second-order valence-corrected chi connectivity index (χ2v) is 11.8. The van der Waals surface area contributed by atoms with Gasteiger partial charge in [0.25, 0.3) is 10.0 Å². The molecule has 1 aliphatic heterocycles. The molecule has 2 amide bonds. The molecule has 0 aromatic heterocycles. The van der Waals surface area contributed by atoms with E-state index in [1.54, 1.807) is 51.2 Å². The zero-order valence-electron chi connectivity index (χ0n) is 17.9. The number of likely N-dealkylation sites (tertiary alicyclic amines) is 1. The number of hydrogen-bond donors (Lipinski definition) is 2. The molecule has 0 radical (unpaired) electrons. The van der Waals surface area contributed by atoms with E-state index in [2.05, 4.69) is 5.32 Å². The molecule has 168 valence electrons. The lowest BCUT2D eigenvalue weighted by Gasteiger charge is -2.59. The van der Waals surface area contributed by atoms with Crippen LogP contribution in [-0.2, 0) is 19.5 Å². The largest absolute Gasteiger partial charge is 0.444 e. The fraction of sp³-hybridized carbons (Fsp3) is 0.889. The van der Waals surface area contributed by atoms with Gasteiger partial charge >= 0.3 is 12.2 Å². The highest BCUT2D eigenvalue weighted by Gasteiger charge is 2.55. The fourth-order valence-corrected chi connectivity index (χ4v) is 4.50. The molecule has 11 heteroatoms. The van der Waals surface area contributed by atoms with E-state index in [0.29, 0.717) is 25.9 Å². The zero-order chi connectivity index (χ0) is 22.3. The molecular weight excluding hydrogens is 405 g/mol. The van der Waals surface area contributed by atoms with Gasteiger partial charge in [-0.2, -0.15) is 0 Å². The average molecular weight is 438 g/mol. The maximum absolute atomic E-state index is 13.4. The lowest BCUT2D eigenvalue weighted by molar-refractivity contribution is -0.0834. The molecule has 1 spiro atoms. The molecule has 0 aromatic carbocycles. The van der Waals surface area contributed by atoms with Crippen LogP contribution in [0.1, 0.15) is 54.4 Å². The molecule has 0 bridgehead atoms. The normalized spacial score (nSPS) is 20.4. The topological polar surface area (TPSA) is 114 Å². The predicted octanol–water partition coefficient (Wildman–Crippen LogP) is 2.13. The lowest BCUT2D eigenvalue weighted by atomic mass is 9.61. The third-order valence-corrected chi connectivity index (χ3v) is 6.09. The van der Waals surface area contributed by atoms with Crippen molar-refractivity contribution in [1.82, 2.24) is 14.9 Å². The molecule has 1 saturated carbocycles. The molecule has 1 heterocycles. The Morgan fingerprint density at radius 1 is 1.10 bits per heavy atom. The van der Waals surface area contributed by atoms with Crippen LogP contribution in [0.3, 0.4) is 0 Å². The first-order chi connectivity index (χ1) is 13.0. The highest BCUT2D eigenvalue weighted by molar-refractivity contribution is 7.90. The molecule has 9 nitrogen and oxygen atoms in total. The van der Waals surface area contributed by atoms with Crippen molar-refractivity contribution in [1.29, 1.82) is 0 Å². The zero-order valence-corrected chi connectivity index (χ0v) is 18.7. The number of alkyl halides is 1. The molecular formula is C18H32FN3O6S. The summed E-state index contributed by atoms with van der Waals surface area (Å²) >= 11 is 0. The average Bonchev–Trinajstić information content (AvgIpc) is 2.38. The van der Waals surface area contributed by atoms with Gasteiger partial charge in [-0.15, -0.1) is 0 Å². The molecule has 1 aliphatic carbocycles. The molecule has 0 aromatic rings. The molecule has 1 saturated heterocycles. The third kappa shape index (κ3) is 6.43. The van der Waals surface area contributed by atoms with E-state index in [1.807, 2.05) is 0 Å². The summed E-state index contributed by atoms with van der Waals surface area (Å²) in [6, 6.07) is -0.216. The summed E-state index contributed by atoms with van der Waals surface area (Å²) in [5.74, 6) is 0. The Morgan fingerprint density at radius 2 is 1.62 bits per heavy atom. The number of carbonyl (C=O) groups is 2. The van der Waals surface area contributed by atoms with E-state index >= 15 is 0 Å². The minimum absolute atomic E-state index is 0.0855. The van der Waals surface area contributed by atoms with Crippen molar-refractivity contribution in [2.75, 3.05) is 19.8 Å². The van der Waals surface area contributed by atoms with E-state index in [1.165, 1.54) is 0 Å². The summed E-state index contributed by atoms with van der Waals surface area (Å²) in [4.78, 5) is 25.3. The number of rotatable bonds is 5. The minimum Gasteiger partial charge on any atom is -0.444 e. The van der Waals surface area contributed by atoms with Crippen molar-refractivity contribution in [3.8, 4) is 0 Å². The quantitative estimate of drug-likeness (QED) is 0.677. The predicted molar refractivity (Wildman–Crippen MR) is 104 cm³/mol. The van der Waals surface area contributed by atoms with Crippen LogP contribution in [0.25, 0.3) is 0 Å². The Kier molecular flexibility index (Phi) is 6.44. The third-order valence-electron chi connectivity index (χ3n) is 4.62. The minimum atomic E-state index is -4.28. The summed E-state index contributed by atoms with van der Waals surface area (Å²) in [5, 5.41) is 1.19. The van der Waals surface area contributed by atoms with Gasteiger partial charge in [-0.25, -0.2) is 27.1 Å². The molecule has 1 atom stereocenters. The van der Waals surface area contributed by atoms with Gasteiger partial charge in [-0.1, -0.05) is 0 Å². The van der Waals surface area contributed by atoms with Gasteiger partial charge in [0, 0.05) is 24.5 Å². The number of nitrogens with zero attached hydrogens (tertiary/aromatic N) is 1. The Morgan fingerprint density at radius 3 is 2.07 bits per heavy atom. The van der Waals surface area contributed by atoms with Crippen LogP contribution < -0.4 is 10.0 Å². The van der Waals surface area contributed by atoms with E-state index in [0.717, 1.165) is 0 Å². The lowest BCUT2D eigenvalue weighted by Crippen LogP contribution is -2.68. The van der Waals surface area contributed by atoms with E-state index in [4.69, 9.17) is 9.47 Å². The maximum Gasteiger partial charge on any atom is 0.421 e. The van der Waals surface area contributed by atoms with E-state index < -0.39 is 39.4 Å². The Balaban J connectivity index is 1.81. The molecule has 2 aliphatic rings. The summed E-state index contributed by atoms with van der Waals surface area (Å²) in [7, 11) is -4.28. The van der Waals surface area contributed by atoms with Crippen LogP contribution in [0.5, 0.6) is 0 Å². The maximum atomic E-state index is 13.4. The van der Waals surface area contributed by atoms with Crippen molar-refractivity contribution in [2.24, 2.45) is 5.41 Å². The summed E-state index contributed by atoms with van der Waals surface area (Å²) < 4.78 is 49.9. The van der Waals surface area contributed by atoms with Crippen LogP contribution in [0.15, 0.2) is 0 Å². The van der Waals surface area contributed by atoms with Gasteiger partial charge in [0.05, 0.1) is 0 Å². The highest BCUT2D eigenvalue weighted by atomic mass is 32.2. The summed E-state index contributed by atoms with van der Waals surface area (Å²) in [6.07, 6.45) is -0.282. The van der Waals surface area contributed by atoms with Crippen LogP contribution in [0.4, 0.5) is 14.0 Å². The SMILES string of the molecule is CC(C)(C)OC(=O)NS(=O)(=O)C(CF)NC1CC2(C1)CN(C(=O)OC(C)(C)C)C2. The fourth-order valence-electron chi connectivity index (χ4n) is 3.55. The van der Waals surface area contributed by atoms with Crippen LogP contribution in [0.2, 0.25) is 0 Å².